The summed E-state index contributed by atoms with van der Waals surface area (Å²) in [6.45, 7) is 4.56. The number of nitrogens with one attached hydrogen (secondary N) is 1. The van der Waals surface area contributed by atoms with Gasteiger partial charge in [-0.05, 0) is 79.0 Å². The van der Waals surface area contributed by atoms with E-state index in [-0.39, 0.29) is 17.4 Å². The summed E-state index contributed by atoms with van der Waals surface area (Å²) in [6, 6.07) is 13.2. The molecule has 0 bridgehead atoms. The number of pyridine rings is 1. The quantitative estimate of drug-likeness (QED) is 0.438. The number of piperidine rings is 1. The maximum absolute atomic E-state index is 12.8. The zero-order valence-electron chi connectivity index (χ0n) is 20.3. The SMILES string of the molecule is NC(=O)N1CCC2(CCN(CCc3ccc(C(=O)Nc4cc(-c5cccs5)ccc4N)cn3)CC2)C1. The van der Waals surface area contributed by atoms with Gasteiger partial charge in [0, 0.05) is 42.8 Å². The number of likely N-dealkylation sites (tertiary alicyclic amines) is 2. The van der Waals surface area contributed by atoms with Gasteiger partial charge < -0.3 is 26.6 Å². The van der Waals surface area contributed by atoms with Gasteiger partial charge in [0.15, 0.2) is 0 Å². The summed E-state index contributed by atoms with van der Waals surface area (Å²) in [5.41, 5.74) is 15.4. The Bertz CT molecular complexity index is 1220. The predicted octanol–water partition coefficient (Wildman–Crippen LogP) is 4.05. The van der Waals surface area contributed by atoms with Gasteiger partial charge in [0.25, 0.3) is 5.91 Å². The maximum Gasteiger partial charge on any atom is 0.314 e. The minimum atomic E-state index is -0.298. The molecule has 2 aliphatic heterocycles. The molecule has 188 valence electrons. The van der Waals surface area contributed by atoms with Crippen molar-refractivity contribution in [1.82, 2.24) is 14.8 Å². The van der Waals surface area contributed by atoms with Crippen molar-refractivity contribution in [2.75, 3.05) is 43.8 Å². The van der Waals surface area contributed by atoms with Gasteiger partial charge in [-0.25, -0.2) is 4.79 Å². The van der Waals surface area contributed by atoms with Gasteiger partial charge in [-0.3, -0.25) is 9.78 Å². The van der Waals surface area contributed by atoms with Crippen molar-refractivity contribution < 1.29 is 9.59 Å². The Morgan fingerprint density at radius 3 is 2.56 bits per heavy atom. The molecule has 9 heteroatoms. The first-order chi connectivity index (χ1) is 17.4. The van der Waals surface area contributed by atoms with Crippen LogP contribution in [0.4, 0.5) is 16.2 Å². The van der Waals surface area contributed by atoms with E-state index in [0.29, 0.717) is 16.9 Å². The van der Waals surface area contributed by atoms with Gasteiger partial charge in [0.1, 0.15) is 0 Å². The largest absolute Gasteiger partial charge is 0.397 e. The monoisotopic (exact) mass is 504 g/mol. The summed E-state index contributed by atoms with van der Waals surface area (Å²) in [6.07, 6.45) is 5.71. The molecule has 8 nitrogen and oxygen atoms in total. The number of carbonyl (C=O) groups is 2. The van der Waals surface area contributed by atoms with Crippen LogP contribution in [0.5, 0.6) is 0 Å². The van der Waals surface area contributed by atoms with Crippen LogP contribution in [0, 0.1) is 5.41 Å². The van der Waals surface area contributed by atoms with Crippen molar-refractivity contribution in [1.29, 1.82) is 0 Å². The number of hydrogen-bond donors (Lipinski definition) is 3. The lowest BCUT2D eigenvalue weighted by Gasteiger charge is -2.39. The molecule has 1 aromatic carbocycles. The van der Waals surface area contributed by atoms with E-state index in [1.807, 2.05) is 47.8 Å². The second kappa shape index (κ2) is 10.3. The molecule has 5 N–H and O–H groups in total. The topological polar surface area (TPSA) is 118 Å². The number of primary amides is 1. The van der Waals surface area contributed by atoms with Crippen molar-refractivity contribution in [3.05, 3.63) is 65.3 Å². The number of hydrogen-bond acceptors (Lipinski definition) is 6. The van der Waals surface area contributed by atoms with Crippen LogP contribution in [0.15, 0.2) is 54.0 Å². The number of nitrogens with zero attached hydrogens (tertiary/aromatic N) is 3. The number of thiophene rings is 1. The number of amides is 3. The fourth-order valence-corrected chi connectivity index (χ4v) is 5.94. The summed E-state index contributed by atoms with van der Waals surface area (Å²) >= 11 is 1.64. The van der Waals surface area contributed by atoms with Gasteiger partial charge in [0.2, 0.25) is 0 Å². The van der Waals surface area contributed by atoms with Crippen LogP contribution >= 0.6 is 11.3 Å². The van der Waals surface area contributed by atoms with Crippen molar-refractivity contribution in [2.24, 2.45) is 11.1 Å². The van der Waals surface area contributed by atoms with Gasteiger partial charge >= 0.3 is 6.03 Å². The minimum Gasteiger partial charge on any atom is -0.397 e. The third-order valence-corrected chi connectivity index (χ3v) is 8.46. The number of aromatic nitrogens is 1. The van der Waals surface area contributed by atoms with Crippen molar-refractivity contribution >= 4 is 34.6 Å². The number of anilines is 2. The first-order valence-corrected chi connectivity index (χ1v) is 13.3. The third kappa shape index (κ3) is 5.37. The van der Waals surface area contributed by atoms with Crippen LogP contribution in [0.2, 0.25) is 0 Å². The highest BCUT2D eigenvalue weighted by atomic mass is 32.1. The Morgan fingerprint density at radius 1 is 1.08 bits per heavy atom. The van der Waals surface area contributed by atoms with Gasteiger partial charge in [-0.2, -0.15) is 0 Å². The van der Waals surface area contributed by atoms with E-state index in [2.05, 4.69) is 15.2 Å². The van der Waals surface area contributed by atoms with E-state index in [9.17, 15) is 9.59 Å². The summed E-state index contributed by atoms with van der Waals surface area (Å²) in [7, 11) is 0. The van der Waals surface area contributed by atoms with Crippen LogP contribution in [0.3, 0.4) is 0 Å². The Hall–Kier alpha value is -3.43. The lowest BCUT2D eigenvalue weighted by Crippen LogP contribution is -2.43. The average Bonchev–Trinajstić information content (AvgIpc) is 3.57. The first-order valence-electron chi connectivity index (χ1n) is 12.4. The van der Waals surface area contributed by atoms with Gasteiger partial charge in [-0.15, -0.1) is 11.3 Å². The molecule has 1 spiro atoms. The standard InChI is InChI=1S/C27H32N6O2S/c28-22-6-4-19(24-2-1-15-36-24)16-23(22)31-25(34)20-3-5-21(30-17-20)7-11-32-12-8-27(9-13-32)10-14-33(18-27)26(29)35/h1-6,15-17H,7-14,18,28H2,(H2,29,35)(H,31,34). The molecule has 5 rings (SSSR count). The molecule has 3 aromatic rings. The number of nitrogens with two attached hydrogens (primary N) is 2. The predicted molar refractivity (Wildman–Crippen MR) is 144 cm³/mol. The van der Waals surface area contributed by atoms with E-state index in [4.69, 9.17) is 11.5 Å². The zero-order valence-corrected chi connectivity index (χ0v) is 21.1. The van der Waals surface area contributed by atoms with E-state index in [1.54, 1.807) is 22.4 Å². The third-order valence-electron chi connectivity index (χ3n) is 7.55. The molecule has 36 heavy (non-hydrogen) atoms. The van der Waals surface area contributed by atoms with E-state index < -0.39 is 0 Å². The molecule has 0 aliphatic carbocycles. The van der Waals surface area contributed by atoms with Crippen LogP contribution in [0.1, 0.15) is 35.3 Å². The highest BCUT2D eigenvalue weighted by Gasteiger charge is 2.41. The van der Waals surface area contributed by atoms with E-state index >= 15 is 0 Å². The molecule has 2 saturated heterocycles. The van der Waals surface area contributed by atoms with Crippen molar-refractivity contribution in [2.45, 2.75) is 25.7 Å². The van der Waals surface area contributed by atoms with E-state index in [0.717, 1.165) is 74.5 Å². The smallest absolute Gasteiger partial charge is 0.314 e. The second-order valence-electron chi connectivity index (χ2n) is 9.87. The van der Waals surface area contributed by atoms with Crippen LogP contribution < -0.4 is 16.8 Å². The Morgan fingerprint density at radius 2 is 1.89 bits per heavy atom. The Balaban J connectivity index is 1.12. The van der Waals surface area contributed by atoms with Crippen LogP contribution in [0.25, 0.3) is 10.4 Å². The van der Waals surface area contributed by atoms with Gasteiger partial charge in [0.05, 0.1) is 16.9 Å². The summed E-state index contributed by atoms with van der Waals surface area (Å²) in [4.78, 5) is 34.2. The number of rotatable bonds is 6. The molecule has 2 aliphatic rings. The van der Waals surface area contributed by atoms with Crippen molar-refractivity contribution in [3.63, 3.8) is 0 Å². The highest BCUT2D eigenvalue weighted by Crippen LogP contribution is 2.40. The fourth-order valence-electron chi connectivity index (χ4n) is 5.22. The Labute approximate surface area is 215 Å². The lowest BCUT2D eigenvalue weighted by atomic mass is 9.78. The molecule has 2 fully saturated rings. The molecule has 0 saturated carbocycles. The number of nitrogen functional groups attached to an aromatic ring is 1. The molecule has 0 radical (unpaired) electrons. The lowest BCUT2D eigenvalue weighted by molar-refractivity contribution is 0.102. The average molecular weight is 505 g/mol. The fraction of sp³-hybridized carbons (Fsp3) is 0.370. The summed E-state index contributed by atoms with van der Waals surface area (Å²) < 4.78 is 0. The molecule has 2 aromatic heterocycles. The zero-order chi connectivity index (χ0) is 25.1. The molecule has 3 amide bonds. The van der Waals surface area contributed by atoms with Crippen LogP contribution in [-0.4, -0.2) is 59.4 Å². The van der Waals surface area contributed by atoms with Crippen LogP contribution in [-0.2, 0) is 6.42 Å². The molecular formula is C27H32N6O2S. The highest BCUT2D eigenvalue weighted by molar-refractivity contribution is 7.13. The summed E-state index contributed by atoms with van der Waals surface area (Å²) in [5.74, 6) is -0.230. The van der Waals surface area contributed by atoms with Crippen molar-refractivity contribution in [3.8, 4) is 10.4 Å². The number of carbonyl (C=O) groups excluding carboxylic acids is 2. The second-order valence-corrected chi connectivity index (χ2v) is 10.8. The molecule has 4 heterocycles. The normalized spacial score (nSPS) is 17.4. The molecule has 0 atom stereocenters. The molecule has 0 unspecified atom stereocenters. The van der Waals surface area contributed by atoms with E-state index in [1.165, 1.54) is 0 Å². The number of benzene rings is 1. The first kappa shape index (κ1) is 24.3. The maximum atomic E-state index is 12.8. The minimum absolute atomic E-state index is 0.230. The van der Waals surface area contributed by atoms with Gasteiger partial charge in [-0.1, -0.05) is 12.1 Å². The Kier molecular flexibility index (Phi) is 6.93. The molecular weight excluding hydrogens is 472 g/mol. The summed E-state index contributed by atoms with van der Waals surface area (Å²) in [5, 5.41) is 4.95. The number of urea groups is 1.